The molecule has 1 spiro atoms. The molecule has 2 fully saturated rings. The number of amides is 2. The van der Waals surface area contributed by atoms with E-state index in [1.807, 2.05) is 20.8 Å². The Balaban J connectivity index is 1.85. The first kappa shape index (κ1) is 14.7. The summed E-state index contributed by atoms with van der Waals surface area (Å²) < 4.78 is 5.34. The molecule has 0 radical (unpaired) electrons. The second kappa shape index (κ2) is 5.01. The first-order valence-corrected chi connectivity index (χ1v) is 6.94. The van der Waals surface area contributed by atoms with Gasteiger partial charge in [-0.3, -0.25) is 4.79 Å². The summed E-state index contributed by atoms with van der Waals surface area (Å²) in [4.78, 5) is 27.1. The van der Waals surface area contributed by atoms with E-state index >= 15 is 0 Å². The van der Waals surface area contributed by atoms with Crippen molar-refractivity contribution in [2.24, 2.45) is 5.41 Å². The van der Waals surface area contributed by atoms with Gasteiger partial charge in [0.2, 0.25) is 0 Å². The molecule has 2 aliphatic heterocycles. The molecule has 2 saturated heterocycles. The van der Waals surface area contributed by atoms with Crippen molar-refractivity contribution in [3.05, 3.63) is 0 Å². The van der Waals surface area contributed by atoms with E-state index in [2.05, 4.69) is 11.8 Å². The van der Waals surface area contributed by atoms with E-state index in [0.717, 1.165) is 13.0 Å². The minimum absolute atomic E-state index is 0.0575. The van der Waals surface area contributed by atoms with Gasteiger partial charge in [0.15, 0.2) is 0 Å². The maximum absolute atomic E-state index is 11.9. The third kappa shape index (κ3) is 3.06. The average molecular weight is 278 g/mol. The Kier molecular flexibility index (Phi) is 3.68. The Morgan fingerprint density at radius 2 is 1.75 bits per heavy atom. The maximum Gasteiger partial charge on any atom is 0.410 e. The van der Waals surface area contributed by atoms with Gasteiger partial charge in [-0.05, 0) is 40.0 Å². The van der Waals surface area contributed by atoms with Crippen molar-refractivity contribution < 1.29 is 14.3 Å². The van der Waals surface area contributed by atoms with E-state index in [1.54, 1.807) is 16.7 Å². The molecule has 0 aromatic carbocycles. The topological polar surface area (TPSA) is 49.9 Å². The lowest BCUT2D eigenvalue weighted by Gasteiger charge is -2.47. The molecule has 110 valence electrons. The zero-order valence-corrected chi connectivity index (χ0v) is 12.7. The van der Waals surface area contributed by atoms with E-state index < -0.39 is 5.60 Å². The monoisotopic (exact) mass is 278 g/mol. The molecule has 0 bridgehead atoms. The minimum atomic E-state index is -0.464. The van der Waals surface area contributed by atoms with Gasteiger partial charge in [-0.25, -0.2) is 4.79 Å². The van der Waals surface area contributed by atoms with Gasteiger partial charge in [-0.2, -0.15) is 0 Å². The SMILES string of the molecule is CC#CC(=O)N1CCC2(C1)CN(C(=O)OC(C)(C)C)C2. The highest BCUT2D eigenvalue weighted by molar-refractivity contribution is 5.93. The van der Waals surface area contributed by atoms with Crippen molar-refractivity contribution in [1.82, 2.24) is 9.80 Å². The molecule has 0 unspecified atom stereocenters. The van der Waals surface area contributed by atoms with Crippen molar-refractivity contribution in [2.45, 2.75) is 39.7 Å². The van der Waals surface area contributed by atoms with Crippen LogP contribution in [0.3, 0.4) is 0 Å². The molecule has 0 aliphatic carbocycles. The molecule has 2 rings (SSSR count). The Bertz CT molecular complexity index is 476. The third-order valence-corrected chi connectivity index (χ3v) is 3.66. The van der Waals surface area contributed by atoms with Crippen LogP contribution < -0.4 is 0 Å². The van der Waals surface area contributed by atoms with Crippen LogP contribution in [0.1, 0.15) is 34.1 Å². The van der Waals surface area contributed by atoms with Crippen LogP contribution in [0, 0.1) is 17.3 Å². The van der Waals surface area contributed by atoms with E-state index in [1.165, 1.54) is 0 Å². The Labute approximate surface area is 120 Å². The quantitative estimate of drug-likeness (QED) is 0.631. The Morgan fingerprint density at radius 1 is 1.15 bits per heavy atom. The van der Waals surface area contributed by atoms with Crippen LogP contribution in [0.25, 0.3) is 0 Å². The van der Waals surface area contributed by atoms with Crippen molar-refractivity contribution in [1.29, 1.82) is 0 Å². The number of hydrogen-bond donors (Lipinski definition) is 0. The van der Waals surface area contributed by atoms with Crippen LogP contribution in [-0.2, 0) is 9.53 Å². The fourth-order valence-corrected chi connectivity index (χ4v) is 2.77. The summed E-state index contributed by atoms with van der Waals surface area (Å²) in [5, 5.41) is 0. The van der Waals surface area contributed by atoms with Gasteiger partial charge < -0.3 is 14.5 Å². The van der Waals surface area contributed by atoms with Crippen molar-refractivity contribution >= 4 is 12.0 Å². The third-order valence-electron chi connectivity index (χ3n) is 3.66. The molecule has 0 aromatic heterocycles. The molecule has 2 amide bonds. The summed E-state index contributed by atoms with van der Waals surface area (Å²) in [6, 6.07) is 0. The number of carbonyl (C=O) groups is 2. The lowest BCUT2D eigenvalue weighted by atomic mass is 9.79. The molecular formula is C15H22N2O3. The van der Waals surface area contributed by atoms with Crippen LogP contribution >= 0.6 is 0 Å². The molecule has 0 saturated carbocycles. The lowest BCUT2D eigenvalue weighted by molar-refractivity contribution is -0.125. The van der Waals surface area contributed by atoms with E-state index in [0.29, 0.717) is 19.6 Å². The standard InChI is InChI=1S/C15H22N2O3/c1-5-6-12(18)16-8-7-15(9-16)10-17(11-15)13(19)20-14(2,3)4/h7-11H2,1-4H3. The zero-order chi connectivity index (χ0) is 15.0. The Morgan fingerprint density at radius 3 is 2.30 bits per heavy atom. The zero-order valence-electron chi connectivity index (χ0n) is 12.7. The number of hydrogen-bond acceptors (Lipinski definition) is 3. The molecule has 2 heterocycles. The summed E-state index contributed by atoms with van der Waals surface area (Å²) in [5.41, 5.74) is -0.407. The highest BCUT2D eigenvalue weighted by Crippen LogP contribution is 2.40. The lowest BCUT2D eigenvalue weighted by Crippen LogP contribution is -2.60. The van der Waals surface area contributed by atoms with Crippen LogP contribution in [-0.4, -0.2) is 53.6 Å². The normalized spacial score (nSPS) is 20.2. The fraction of sp³-hybridized carbons (Fsp3) is 0.733. The first-order valence-electron chi connectivity index (χ1n) is 6.94. The fourth-order valence-electron chi connectivity index (χ4n) is 2.77. The minimum Gasteiger partial charge on any atom is -0.444 e. The smallest absolute Gasteiger partial charge is 0.410 e. The van der Waals surface area contributed by atoms with Crippen molar-refractivity contribution in [3.63, 3.8) is 0 Å². The van der Waals surface area contributed by atoms with Gasteiger partial charge in [-0.1, -0.05) is 5.92 Å². The van der Waals surface area contributed by atoms with Gasteiger partial charge in [0.1, 0.15) is 5.60 Å². The molecule has 0 aromatic rings. The van der Waals surface area contributed by atoms with Crippen LogP contribution in [0.4, 0.5) is 4.79 Å². The first-order chi connectivity index (χ1) is 9.25. The van der Waals surface area contributed by atoms with E-state index in [9.17, 15) is 9.59 Å². The summed E-state index contributed by atoms with van der Waals surface area (Å²) in [5.74, 6) is 5.09. The van der Waals surface area contributed by atoms with Crippen LogP contribution in [0.15, 0.2) is 0 Å². The molecule has 0 N–H and O–H groups in total. The molecule has 5 nitrogen and oxygen atoms in total. The van der Waals surface area contributed by atoms with Crippen LogP contribution in [0.2, 0.25) is 0 Å². The van der Waals surface area contributed by atoms with Crippen molar-refractivity contribution in [3.8, 4) is 11.8 Å². The summed E-state index contributed by atoms with van der Waals surface area (Å²) in [7, 11) is 0. The number of rotatable bonds is 0. The number of likely N-dealkylation sites (tertiary alicyclic amines) is 2. The molecule has 0 atom stereocenters. The van der Waals surface area contributed by atoms with E-state index in [-0.39, 0.29) is 17.4 Å². The molecule has 5 heteroatoms. The highest BCUT2D eigenvalue weighted by atomic mass is 16.6. The van der Waals surface area contributed by atoms with Gasteiger partial charge in [-0.15, -0.1) is 0 Å². The maximum atomic E-state index is 11.9. The van der Waals surface area contributed by atoms with Gasteiger partial charge in [0, 0.05) is 31.6 Å². The van der Waals surface area contributed by atoms with Gasteiger partial charge >= 0.3 is 6.09 Å². The molecular weight excluding hydrogens is 256 g/mol. The number of carbonyl (C=O) groups excluding carboxylic acids is 2. The summed E-state index contributed by atoms with van der Waals surface area (Å²) in [6.45, 7) is 10.0. The predicted molar refractivity (Wildman–Crippen MR) is 74.9 cm³/mol. The molecule has 20 heavy (non-hydrogen) atoms. The summed E-state index contributed by atoms with van der Waals surface area (Å²) >= 11 is 0. The second-order valence-corrected chi connectivity index (χ2v) is 6.69. The molecule has 2 aliphatic rings. The van der Waals surface area contributed by atoms with Crippen LogP contribution in [0.5, 0.6) is 0 Å². The largest absolute Gasteiger partial charge is 0.444 e. The highest BCUT2D eigenvalue weighted by Gasteiger charge is 2.50. The summed E-state index contributed by atoms with van der Waals surface area (Å²) in [6.07, 6.45) is 0.671. The average Bonchev–Trinajstić information content (AvgIpc) is 2.69. The second-order valence-electron chi connectivity index (χ2n) is 6.69. The van der Waals surface area contributed by atoms with Crippen molar-refractivity contribution in [2.75, 3.05) is 26.2 Å². The van der Waals surface area contributed by atoms with E-state index in [4.69, 9.17) is 4.74 Å². The van der Waals surface area contributed by atoms with Gasteiger partial charge in [0.25, 0.3) is 5.91 Å². The predicted octanol–water partition coefficient (Wildman–Crippen LogP) is 1.48. The number of ether oxygens (including phenoxy) is 1. The van der Waals surface area contributed by atoms with Gasteiger partial charge in [0.05, 0.1) is 0 Å². The Hall–Kier alpha value is -1.70. The number of nitrogens with zero attached hydrogens (tertiary/aromatic N) is 2.